The first kappa shape index (κ1) is 68.8. The van der Waals surface area contributed by atoms with Crippen LogP contribution in [0.2, 0.25) is 0 Å². The lowest BCUT2D eigenvalue weighted by Crippen LogP contribution is -2.53. The van der Waals surface area contributed by atoms with Gasteiger partial charge in [0, 0.05) is 0 Å². The largest absolute Gasteiger partial charge is 0.394 e. The van der Waals surface area contributed by atoms with Crippen LogP contribution < -0.4 is 5.32 Å². The molecule has 4 unspecified atom stereocenters. The second-order valence-electron chi connectivity index (χ2n) is 22.1. The highest BCUT2D eigenvalue weighted by Gasteiger charge is 2.28. The fourth-order valence-electron chi connectivity index (χ4n) is 10.2. The quantitative estimate of drug-likeness (QED) is 0.0308. The van der Waals surface area contributed by atoms with Gasteiger partial charge >= 0.3 is 0 Å². The molecule has 4 atom stereocenters. The van der Waals surface area contributed by atoms with Gasteiger partial charge < -0.3 is 25.7 Å². The van der Waals surface area contributed by atoms with Gasteiger partial charge in [0.25, 0.3) is 0 Å². The lowest BCUT2D eigenvalue weighted by atomic mass is 10.00. The summed E-state index contributed by atoms with van der Waals surface area (Å²) in [4.78, 5) is 12.6. The smallest absolute Gasteiger partial charge is 0.249 e. The monoisotopic (exact) mass is 988 g/mol. The number of hydrogen-bond acceptors (Lipinski definition) is 5. The fourth-order valence-corrected chi connectivity index (χ4v) is 10.2. The van der Waals surface area contributed by atoms with Gasteiger partial charge in [0.05, 0.1) is 18.8 Å². The number of rotatable bonds is 59. The van der Waals surface area contributed by atoms with Gasteiger partial charge in [-0.1, -0.05) is 308 Å². The Bertz CT molecular complexity index is 1060. The predicted molar refractivity (Wildman–Crippen MR) is 307 cm³/mol. The third-order valence-corrected chi connectivity index (χ3v) is 15.1. The van der Waals surface area contributed by atoms with E-state index in [-0.39, 0.29) is 0 Å². The number of aliphatic hydroxyl groups excluding tert-OH is 4. The highest BCUT2D eigenvalue weighted by atomic mass is 16.3. The van der Waals surface area contributed by atoms with Gasteiger partial charge in [0.2, 0.25) is 5.91 Å². The number of hydrogen-bond donors (Lipinski definition) is 5. The Morgan fingerprint density at radius 2 is 0.586 bits per heavy atom. The van der Waals surface area contributed by atoms with Gasteiger partial charge in [-0.3, -0.25) is 4.79 Å². The second-order valence-corrected chi connectivity index (χ2v) is 22.1. The van der Waals surface area contributed by atoms with Crippen molar-refractivity contribution in [2.45, 2.75) is 372 Å². The Morgan fingerprint density at radius 3 is 0.857 bits per heavy atom. The zero-order valence-electron chi connectivity index (χ0n) is 47.3. The molecule has 6 heteroatoms. The molecule has 0 bridgehead atoms. The Hall–Kier alpha value is -1.21. The maximum atomic E-state index is 12.6. The van der Waals surface area contributed by atoms with Crippen LogP contribution in [0.25, 0.3) is 0 Å². The first-order valence-electron chi connectivity index (χ1n) is 31.7. The van der Waals surface area contributed by atoms with Gasteiger partial charge in [-0.05, 0) is 64.2 Å². The van der Waals surface area contributed by atoms with Crippen LogP contribution >= 0.6 is 0 Å². The molecule has 0 aliphatic heterocycles. The summed E-state index contributed by atoms with van der Waals surface area (Å²) in [6, 6.07) is -1.00. The molecule has 0 fully saturated rings. The standard InChI is InChI=1S/C64H125NO5/c1-3-5-7-9-11-13-15-17-19-21-23-25-27-29-31-32-34-36-38-40-42-44-46-48-50-52-54-56-58-62(68)64(70)65-60(59-66)63(69)61(67)57-55-53-51-49-47-45-43-41-39-37-35-33-30-28-26-24-22-20-18-16-14-12-10-8-6-4-2/h29,31,49,51,60-63,66-69H,3-28,30,32-48,50,52-59H2,1-2H3,(H,65,70)/b31-29-,51-49+. The summed E-state index contributed by atoms with van der Waals surface area (Å²) in [5.74, 6) is -0.588. The zero-order chi connectivity index (χ0) is 50.9. The first-order chi connectivity index (χ1) is 34.5. The van der Waals surface area contributed by atoms with E-state index in [1.807, 2.05) is 0 Å². The molecule has 70 heavy (non-hydrogen) atoms. The number of carbonyl (C=O) groups excluding carboxylic acids is 1. The van der Waals surface area contributed by atoms with Gasteiger partial charge in [-0.15, -0.1) is 0 Å². The molecular weight excluding hydrogens is 863 g/mol. The molecule has 0 aromatic rings. The van der Waals surface area contributed by atoms with E-state index in [9.17, 15) is 25.2 Å². The molecule has 0 aromatic carbocycles. The Morgan fingerprint density at radius 1 is 0.343 bits per heavy atom. The summed E-state index contributed by atoms with van der Waals surface area (Å²) < 4.78 is 0. The molecular formula is C64H125NO5. The van der Waals surface area contributed by atoms with Crippen LogP contribution in [0.5, 0.6) is 0 Å². The molecule has 0 spiro atoms. The van der Waals surface area contributed by atoms with Crippen molar-refractivity contribution in [3.63, 3.8) is 0 Å². The number of nitrogens with one attached hydrogen (secondary N) is 1. The van der Waals surface area contributed by atoms with E-state index in [1.165, 1.54) is 283 Å². The normalized spacial score (nSPS) is 13.7. The highest BCUT2D eigenvalue weighted by molar-refractivity contribution is 5.80. The van der Waals surface area contributed by atoms with E-state index in [4.69, 9.17) is 0 Å². The molecule has 1 amide bonds. The third-order valence-electron chi connectivity index (χ3n) is 15.1. The molecule has 6 nitrogen and oxygen atoms in total. The van der Waals surface area contributed by atoms with Crippen LogP contribution in [0.4, 0.5) is 0 Å². The van der Waals surface area contributed by atoms with Crippen molar-refractivity contribution in [2.75, 3.05) is 6.61 Å². The van der Waals surface area contributed by atoms with Crippen LogP contribution in [0, 0.1) is 0 Å². The fraction of sp³-hybridized carbons (Fsp3) is 0.922. The number of amides is 1. The Labute approximate surface area is 437 Å². The molecule has 0 aliphatic carbocycles. The molecule has 5 N–H and O–H groups in total. The van der Waals surface area contributed by atoms with Gasteiger partial charge in [0.15, 0.2) is 0 Å². The van der Waals surface area contributed by atoms with E-state index < -0.39 is 36.9 Å². The molecule has 0 radical (unpaired) electrons. The van der Waals surface area contributed by atoms with E-state index in [0.717, 1.165) is 38.5 Å². The molecule has 416 valence electrons. The Kier molecular flexibility index (Phi) is 57.7. The lowest BCUT2D eigenvalue weighted by Gasteiger charge is -2.27. The number of allylic oxidation sites excluding steroid dienone is 4. The molecule has 0 rings (SSSR count). The summed E-state index contributed by atoms with van der Waals surface area (Å²) in [5, 5.41) is 44.1. The van der Waals surface area contributed by atoms with Crippen molar-refractivity contribution in [3.8, 4) is 0 Å². The predicted octanol–water partition coefficient (Wildman–Crippen LogP) is 19.0. The summed E-state index contributed by atoms with van der Waals surface area (Å²) in [7, 11) is 0. The number of unbranched alkanes of at least 4 members (excludes halogenated alkanes) is 46. The number of aliphatic hydroxyl groups is 4. The summed E-state index contributed by atoms with van der Waals surface area (Å²) >= 11 is 0. The topological polar surface area (TPSA) is 110 Å². The van der Waals surface area contributed by atoms with Crippen molar-refractivity contribution in [1.82, 2.24) is 5.32 Å². The summed E-state index contributed by atoms with van der Waals surface area (Å²) in [6.45, 7) is 4.09. The minimum Gasteiger partial charge on any atom is -0.394 e. The SMILES string of the molecule is CCCCCCCCCCCCCC/C=C\CCCCCCCCCCCCCCC(O)C(=O)NC(CO)C(O)C(O)CCC/C=C/CCCCCCCCCCCCCCCCCCCCCCC. The lowest BCUT2D eigenvalue weighted by molar-refractivity contribution is -0.132. The second kappa shape index (κ2) is 58.7. The molecule has 0 saturated heterocycles. The molecule has 0 aromatic heterocycles. The number of carbonyl (C=O) groups is 1. The van der Waals surface area contributed by atoms with Crippen LogP contribution in [0.3, 0.4) is 0 Å². The minimum atomic E-state index is -1.28. The Balaban J connectivity index is 3.60. The van der Waals surface area contributed by atoms with E-state index >= 15 is 0 Å². The molecule has 0 saturated carbocycles. The van der Waals surface area contributed by atoms with Crippen molar-refractivity contribution in [3.05, 3.63) is 24.3 Å². The van der Waals surface area contributed by atoms with E-state index in [0.29, 0.717) is 12.8 Å². The van der Waals surface area contributed by atoms with Crippen molar-refractivity contribution in [2.24, 2.45) is 0 Å². The van der Waals surface area contributed by atoms with Crippen molar-refractivity contribution >= 4 is 5.91 Å². The highest BCUT2D eigenvalue weighted by Crippen LogP contribution is 2.18. The first-order valence-corrected chi connectivity index (χ1v) is 31.7. The third kappa shape index (κ3) is 51.7. The van der Waals surface area contributed by atoms with Gasteiger partial charge in [0.1, 0.15) is 12.2 Å². The maximum Gasteiger partial charge on any atom is 0.249 e. The van der Waals surface area contributed by atoms with Gasteiger partial charge in [-0.2, -0.15) is 0 Å². The summed E-state index contributed by atoms with van der Waals surface area (Å²) in [6.07, 6.45) is 72.8. The van der Waals surface area contributed by atoms with Crippen LogP contribution in [0.1, 0.15) is 348 Å². The maximum absolute atomic E-state index is 12.6. The molecule has 0 heterocycles. The van der Waals surface area contributed by atoms with Gasteiger partial charge in [-0.25, -0.2) is 0 Å². The average Bonchev–Trinajstić information content (AvgIpc) is 3.36. The van der Waals surface area contributed by atoms with E-state index in [2.05, 4.69) is 43.5 Å². The van der Waals surface area contributed by atoms with Crippen LogP contribution in [-0.2, 0) is 4.79 Å². The minimum absolute atomic E-state index is 0.365. The van der Waals surface area contributed by atoms with E-state index in [1.54, 1.807) is 0 Å². The van der Waals surface area contributed by atoms with Crippen molar-refractivity contribution in [1.29, 1.82) is 0 Å². The summed E-state index contributed by atoms with van der Waals surface area (Å²) in [5.41, 5.74) is 0. The average molecular weight is 989 g/mol. The van der Waals surface area contributed by atoms with Crippen LogP contribution in [0.15, 0.2) is 24.3 Å². The van der Waals surface area contributed by atoms with Crippen LogP contribution in [-0.4, -0.2) is 57.3 Å². The zero-order valence-corrected chi connectivity index (χ0v) is 47.3. The molecule has 0 aliphatic rings. The van der Waals surface area contributed by atoms with Crippen molar-refractivity contribution < 1.29 is 25.2 Å².